The van der Waals surface area contributed by atoms with Gasteiger partial charge in [-0.2, -0.15) is 0 Å². The molecule has 7 heteroatoms. The van der Waals surface area contributed by atoms with Crippen LogP contribution in [-0.2, 0) is 14.4 Å². The molecule has 0 atom stereocenters. The Morgan fingerprint density at radius 1 is 0.955 bits per heavy atom. The summed E-state index contributed by atoms with van der Waals surface area (Å²) in [6, 6.07) is 0. The summed E-state index contributed by atoms with van der Waals surface area (Å²) < 4.78 is 0. The van der Waals surface area contributed by atoms with Crippen molar-refractivity contribution in [3.05, 3.63) is 35.6 Å². The molecule has 0 fully saturated rings. The standard InChI is InChI=1S/C15H24N4O3/c1-10(2)5-12(6-11(3)4)19-15(22)9-18-14(21)8-17-13(20)7-16/h5-6H,1,7-9,16H2,2-4H3,(H,17,20)(H,18,21)(H,19,22)/b12-5+. The summed E-state index contributed by atoms with van der Waals surface area (Å²) in [5.41, 5.74) is 7.50. The maximum atomic E-state index is 11.8. The van der Waals surface area contributed by atoms with Crippen LogP contribution in [-0.4, -0.2) is 37.4 Å². The van der Waals surface area contributed by atoms with E-state index in [1.807, 2.05) is 20.8 Å². The third-order valence-electron chi connectivity index (χ3n) is 2.21. The lowest BCUT2D eigenvalue weighted by molar-refractivity contribution is -0.127. The fourth-order valence-electron chi connectivity index (χ4n) is 1.39. The highest BCUT2D eigenvalue weighted by molar-refractivity contribution is 5.89. The number of nitrogens with one attached hydrogen (secondary N) is 3. The molecule has 0 aromatic carbocycles. The number of hydrogen-bond acceptors (Lipinski definition) is 4. The van der Waals surface area contributed by atoms with Gasteiger partial charge in [-0.3, -0.25) is 14.4 Å². The van der Waals surface area contributed by atoms with Crippen LogP contribution in [0.4, 0.5) is 0 Å². The second kappa shape index (κ2) is 10.3. The van der Waals surface area contributed by atoms with E-state index in [0.717, 1.165) is 11.1 Å². The summed E-state index contributed by atoms with van der Waals surface area (Å²) in [6.07, 6.45) is 3.53. The van der Waals surface area contributed by atoms with E-state index in [-0.39, 0.29) is 25.5 Å². The summed E-state index contributed by atoms with van der Waals surface area (Å²) in [5, 5.41) is 7.38. The molecule has 0 rings (SSSR count). The Kier molecular flexibility index (Phi) is 9.20. The van der Waals surface area contributed by atoms with Gasteiger partial charge in [-0.25, -0.2) is 0 Å². The van der Waals surface area contributed by atoms with Crippen LogP contribution >= 0.6 is 0 Å². The van der Waals surface area contributed by atoms with Gasteiger partial charge in [-0.1, -0.05) is 17.7 Å². The molecule has 0 saturated heterocycles. The summed E-state index contributed by atoms with van der Waals surface area (Å²) in [7, 11) is 0. The van der Waals surface area contributed by atoms with Crippen molar-refractivity contribution in [1.29, 1.82) is 0 Å². The fraction of sp³-hybridized carbons (Fsp3) is 0.400. The van der Waals surface area contributed by atoms with Crippen LogP contribution in [0.2, 0.25) is 0 Å². The molecule has 0 spiro atoms. The Balaban J connectivity index is 4.36. The van der Waals surface area contributed by atoms with Gasteiger partial charge in [-0.15, -0.1) is 0 Å². The van der Waals surface area contributed by atoms with E-state index in [0.29, 0.717) is 5.70 Å². The van der Waals surface area contributed by atoms with Gasteiger partial charge in [0.1, 0.15) is 0 Å². The minimum atomic E-state index is -0.468. The van der Waals surface area contributed by atoms with Crippen LogP contribution in [0.25, 0.3) is 0 Å². The molecule has 0 aliphatic rings. The van der Waals surface area contributed by atoms with E-state index < -0.39 is 11.8 Å². The number of allylic oxidation sites excluding steroid dienone is 4. The van der Waals surface area contributed by atoms with Crippen LogP contribution in [0.5, 0.6) is 0 Å². The lowest BCUT2D eigenvalue weighted by Gasteiger charge is -2.09. The van der Waals surface area contributed by atoms with E-state index in [9.17, 15) is 14.4 Å². The molecule has 0 aliphatic carbocycles. The molecule has 7 nitrogen and oxygen atoms in total. The Hall–Kier alpha value is -2.41. The average Bonchev–Trinajstić information content (AvgIpc) is 2.40. The van der Waals surface area contributed by atoms with Crippen LogP contribution < -0.4 is 21.7 Å². The van der Waals surface area contributed by atoms with Gasteiger partial charge >= 0.3 is 0 Å². The van der Waals surface area contributed by atoms with E-state index in [4.69, 9.17) is 5.73 Å². The Labute approximate surface area is 130 Å². The zero-order chi connectivity index (χ0) is 17.1. The molecule has 5 N–H and O–H groups in total. The summed E-state index contributed by atoms with van der Waals surface area (Å²) in [6.45, 7) is 8.78. The molecule has 0 aromatic heterocycles. The summed E-state index contributed by atoms with van der Waals surface area (Å²) >= 11 is 0. The molecule has 0 aromatic rings. The number of carbonyl (C=O) groups is 3. The first-order valence-corrected chi connectivity index (χ1v) is 6.80. The van der Waals surface area contributed by atoms with Crippen molar-refractivity contribution in [2.45, 2.75) is 20.8 Å². The Morgan fingerprint density at radius 3 is 2.00 bits per heavy atom. The van der Waals surface area contributed by atoms with Gasteiger partial charge in [0.15, 0.2) is 0 Å². The Morgan fingerprint density at radius 2 is 1.50 bits per heavy atom. The van der Waals surface area contributed by atoms with Gasteiger partial charge in [0.2, 0.25) is 17.7 Å². The highest BCUT2D eigenvalue weighted by Gasteiger charge is 2.07. The third-order valence-corrected chi connectivity index (χ3v) is 2.21. The van der Waals surface area contributed by atoms with Gasteiger partial charge in [0, 0.05) is 5.70 Å². The highest BCUT2D eigenvalue weighted by atomic mass is 16.2. The zero-order valence-electron chi connectivity index (χ0n) is 13.3. The van der Waals surface area contributed by atoms with Crippen molar-refractivity contribution < 1.29 is 14.4 Å². The predicted molar refractivity (Wildman–Crippen MR) is 85.5 cm³/mol. The fourth-order valence-corrected chi connectivity index (χ4v) is 1.39. The SMILES string of the molecule is C=C(C)/C=C(\C=C(C)C)NC(=O)CNC(=O)CNC(=O)CN. The molecule has 0 heterocycles. The molecular weight excluding hydrogens is 284 g/mol. The Bertz CT molecular complexity index is 503. The van der Waals surface area contributed by atoms with Crippen molar-refractivity contribution in [2.24, 2.45) is 5.73 Å². The van der Waals surface area contributed by atoms with E-state index in [1.54, 1.807) is 12.2 Å². The second-order valence-electron chi connectivity index (χ2n) is 4.97. The lowest BCUT2D eigenvalue weighted by atomic mass is 10.2. The maximum Gasteiger partial charge on any atom is 0.243 e. The highest BCUT2D eigenvalue weighted by Crippen LogP contribution is 2.02. The first-order chi connectivity index (χ1) is 10.2. The molecule has 0 bridgehead atoms. The largest absolute Gasteiger partial charge is 0.346 e. The number of carbonyl (C=O) groups excluding carboxylic acids is 3. The second-order valence-corrected chi connectivity index (χ2v) is 4.97. The zero-order valence-corrected chi connectivity index (χ0v) is 13.3. The predicted octanol–water partition coefficient (Wildman–Crippen LogP) is -0.280. The molecule has 0 saturated carbocycles. The lowest BCUT2D eigenvalue weighted by Crippen LogP contribution is -2.42. The third kappa shape index (κ3) is 10.4. The molecule has 0 radical (unpaired) electrons. The summed E-state index contributed by atoms with van der Waals surface area (Å²) in [5.74, 6) is -1.28. The van der Waals surface area contributed by atoms with Gasteiger partial charge in [-0.05, 0) is 32.9 Å². The van der Waals surface area contributed by atoms with Crippen molar-refractivity contribution >= 4 is 17.7 Å². The minimum absolute atomic E-state index is 0.189. The first-order valence-electron chi connectivity index (χ1n) is 6.80. The van der Waals surface area contributed by atoms with E-state index in [2.05, 4.69) is 22.5 Å². The number of hydrogen-bond donors (Lipinski definition) is 4. The van der Waals surface area contributed by atoms with Gasteiger partial charge in [0.25, 0.3) is 0 Å². The average molecular weight is 308 g/mol. The molecule has 3 amide bonds. The quantitative estimate of drug-likeness (QED) is 0.462. The molecular formula is C15H24N4O3. The van der Waals surface area contributed by atoms with Crippen molar-refractivity contribution in [3.8, 4) is 0 Å². The van der Waals surface area contributed by atoms with Gasteiger partial charge in [0.05, 0.1) is 19.6 Å². The first kappa shape index (κ1) is 19.6. The monoisotopic (exact) mass is 308 g/mol. The van der Waals surface area contributed by atoms with Crippen molar-refractivity contribution in [2.75, 3.05) is 19.6 Å². The molecule has 122 valence electrons. The number of amides is 3. The minimum Gasteiger partial charge on any atom is -0.346 e. The van der Waals surface area contributed by atoms with Crippen LogP contribution in [0.1, 0.15) is 20.8 Å². The summed E-state index contributed by atoms with van der Waals surface area (Å²) in [4.78, 5) is 34.1. The number of nitrogens with two attached hydrogens (primary N) is 1. The van der Waals surface area contributed by atoms with Crippen molar-refractivity contribution in [3.63, 3.8) is 0 Å². The van der Waals surface area contributed by atoms with Crippen LogP contribution in [0.3, 0.4) is 0 Å². The molecule has 0 aliphatic heterocycles. The normalized spacial score (nSPS) is 10.5. The van der Waals surface area contributed by atoms with Gasteiger partial charge < -0.3 is 21.7 Å². The van der Waals surface area contributed by atoms with E-state index in [1.165, 1.54) is 0 Å². The van der Waals surface area contributed by atoms with Crippen LogP contribution in [0, 0.1) is 0 Å². The van der Waals surface area contributed by atoms with E-state index >= 15 is 0 Å². The topological polar surface area (TPSA) is 113 Å². The smallest absolute Gasteiger partial charge is 0.243 e. The molecule has 22 heavy (non-hydrogen) atoms. The molecule has 0 unspecified atom stereocenters. The number of rotatable bonds is 8. The van der Waals surface area contributed by atoms with Crippen LogP contribution in [0.15, 0.2) is 35.6 Å². The van der Waals surface area contributed by atoms with Crippen molar-refractivity contribution in [1.82, 2.24) is 16.0 Å². The maximum absolute atomic E-state index is 11.8.